The average Bonchev–Trinajstić information content (AvgIpc) is 2.66. The molecule has 20 heavy (non-hydrogen) atoms. The van der Waals surface area contributed by atoms with Crippen molar-refractivity contribution in [2.45, 2.75) is 13.0 Å². The number of amides is 4. The highest BCUT2D eigenvalue weighted by molar-refractivity contribution is 6.04. The smallest absolute Gasteiger partial charge is 0.327 e. The van der Waals surface area contributed by atoms with Crippen LogP contribution in [0.4, 0.5) is 4.79 Å². The lowest BCUT2D eigenvalue weighted by molar-refractivity contribution is -0.131. The molecule has 106 valence electrons. The molecule has 0 radical (unpaired) electrons. The highest BCUT2D eigenvalue weighted by atomic mass is 16.2. The zero-order chi connectivity index (χ0) is 14.7. The number of nitrogens with zero attached hydrogens (tertiary/aromatic N) is 2. The van der Waals surface area contributed by atoms with Crippen LogP contribution in [-0.4, -0.2) is 47.8 Å². The first-order valence-corrected chi connectivity index (χ1v) is 6.39. The van der Waals surface area contributed by atoms with Gasteiger partial charge in [0.25, 0.3) is 5.91 Å². The SMILES string of the molecule is CC(NC(=O)CN1C(=O)CN(C)C1=O)c1ccccc1. The van der Waals surface area contributed by atoms with Crippen LogP contribution in [0.2, 0.25) is 0 Å². The van der Waals surface area contributed by atoms with Crippen molar-refractivity contribution in [1.29, 1.82) is 0 Å². The Kier molecular flexibility index (Phi) is 4.02. The summed E-state index contributed by atoms with van der Waals surface area (Å²) in [5.74, 6) is -0.696. The summed E-state index contributed by atoms with van der Waals surface area (Å²) < 4.78 is 0. The van der Waals surface area contributed by atoms with Crippen LogP contribution >= 0.6 is 0 Å². The van der Waals surface area contributed by atoms with E-state index in [9.17, 15) is 14.4 Å². The third-order valence-electron chi connectivity index (χ3n) is 3.21. The van der Waals surface area contributed by atoms with E-state index >= 15 is 0 Å². The topological polar surface area (TPSA) is 69.7 Å². The van der Waals surface area contributed by atoms with Crippen LogP contribution in [0.1, 0.15) is 18.5 Å². The maximum absolute atomic E-state index is 11.9. The molecule has 1 atom stereocenters. The second-order valence-electron chi connectivity index (χ2n) is 4.82. The molecular formula is C14H17N3O3. The van der Waals surface area contributed by atoms with Gasteiger partial charge >= 0.3 is 6.03 Å². The largest absolute Gasteiger partial charge is 0.348 e. The number of rotatable bonds is 4. The van der Waals surface area contributed by atoms with Gasteiger partial charge in [0, 0.05) is 7.05 Å². The van der Waals surface area contributed by atoms with Crippen molar-refractivity contribution in [3.8, 4) is 0 Å². The first kappa shape index (κ1) is 14.0. The number of urea groups is 1. The van der Waals surface area contributed by atoms with Gasteiger partial charge in [0.2, 0.25) is 5.91 Å². The highest BCUT2D eigenvalue weighted by Gasteiger charge is 2.34. The summed E-state index contributed by atoms with van der Waals surface area (Å²) in [6, 6.07) is 8.89. The fourth-order valence-corrected chi connectivity index (χ4v) is 2.08. The van der Waals surface area contributed by atoms with Crippen molar-refractivity contribution in [2.75, 3.05) is 20.1 Å². The number of hydrogen-bond acceptors (Lipinski definition) is 3. The lowest BCUT2D eigenvalue weighted by Crippen LogP contribution is -2.41. The number of likely N-dealkylation sites (N-methyl/N-ethyl adjacent to an activating group) is 1. The molecule has 0 aliphatic carbocycles. The van der Waals surface area contributed by atoms with Crippen LogP contribution in [-0.2, 0) is 9.59 Å². The molecule has 1 N–H and O–H groups in total. The highest BCUT2D eigenvalue weighted by Crippen LogP contribution is 2.12. The molecule has 0 aromatic heterocycles. The Morgan fingerprint density at radius 2 is 1.95 bits per heavy atom. The maximum Gasteiger partial charge on any atom is 0.327 e. The van der Waals surface area contributed by atoms with Crippen LogP contribution < -0.4 is 5.32 Å². The molecule has 1 unspecified atom stereocenters. The number of nitrogens with one attached hydrogen (secondary N) is 1. The molecule has 6 nitrogen and oxygen atoms in total. The van der Waals surface area contributed by atoms with E-state index in [1.807, 2.05) is 37.3 Å². The Balaban J connectivity index is 1.93. The van der Waals surface area contributed by atoms with E-state index in [1.165, 1.54) is 11.9 Å². The minimum Gasteiger partial charge on any atom is -0.348 e. The van der Waals surface area contributed by atoms with Crippen molar-refractivity contribution in [2.24, 2.45) is 0 Å². The van der Waals surface area contributed by atoms with E-state index in [-0.39, 0.29) is 30.9 Å². The Morgan fingerprint density at radius 1 is 1.30 bits per heavy atom. The molecular weight excluding hydrogens is 258 g/mol. The summed E-state index contributed by atoms with van der Waals surface area (Å²) in [6.45, 7) is 1.65. The third kappa shape index (κ3) is 2.96. The second-order valence-corrected chi connectivity index (χ2v) is 4.82. The lowest BCUT2D eigenvalue weighted by atomic mass is 10.1. The fraction of sp³-hybridized carbons (Fsp3) is 0.357. The van der Waals surface area contributed by atoms with E-state index < -0.39 is 6.03 Å². The molecule has 1 aliphatic heterocycles. The maximum atomic E-state index is 11.9. The van der Waals surface area contributed by atoms with Gasteiger partial charge in [-0.15, -0.1) is 0 Å². The summed E-state index contributed by atoms with van der Waals surface area (Å²) in [5.41, 5.74) is 0.969. The molecule has 4 amide bonds. The van der Waals surface area contributed by atoms with Crippen molar-refractivity contribution >= 4 is 17.8 Å². The van der Waals surface area contributed by atoms with Gasteiger partial charge in [-0.1, -0.05) is 30.3 Å². The van der Waals surface area contributed by atoms with Crippen LogP contribution in [0, 0.1) is 0 Å². The Morgan fingerprint density at radius 3 is 2.50 bits per heavy atom. The molecule has 0 spiro atoms. The van der Waals surface area contributed by atoms with Gasteiger partial charge in [-0.2, -0.15) is 0 Å². The number of carbonyl (C=O) groups is 3. The van der Waals surface area contributed by atoms with E-state index in [0.29, 0.717) is 0 Å². The van der Waals surface area contributed by atoms with E-state index in [1.54, 1.807) is 0 Å². The lowest BCUT2D eigenvalue weighted by Gasteiger charge is -2.17. The molecule has 2 rings (SSSR count). The van der Waals surface area contributed by atoms with E-state index in [4.69, 9.17) is 0 Å². The van der Waals surface area contributed by atoms with Crippen LogP contribution in [0.25, 0.3) is 0 Å². The van der Waals surface area contributed by atoms with E-state index in [2.05, 4.69) is 5.32 Å². The van der Waals surface area contributed by atoms with Gasteiger partial charge in [0.1, 0.15) is 13.1 Å². The fourth-order valence-electron chi connectivity index (χ4n) is 2.08. The summed E-state index contributed by atoms with van der Waals surface area (Å²) >= 11 is 0. The van der Waals surface area contributed by atoms with Crippen LogP contribution in [0.5, 0.6) is 0 Å². The predicted octanol–water partition coefficient (Wildman–Crippen LogP) is 0.758. The number of carbonyl (C=O) groups excluding carboxylic acids is 3. The number of imide groups is 1. The monoisotopic (exact) mass is 275 g/mol. The first-order chi connectivity index (χ1) is 9.49. The summed E-state index contributed by atoms with van der Waals surface area (Å²) in [6.07, 6.45) is 0. The van der Waals surface area contributed by atoms with Crippen LogP contribution in [0.3, 0.4) is 0 Å². The minimum atomic E-state index is -0.433. The van der Waals surface area contributed by atoms with Gasteiger partial charge < -0.3 is 10.2 Å². The first-order valence-electron chi connectivity index (χ1n) is 6.39. The quantitative estimate of drug-likeness (QED) is 0.825. The molecule has 1 aliphatic rings. The standard InChI is InChI=1S/C14H17N3O3/c1-10(11-6-4-3-5-7-11)15-12(18)8-17-13(19)9-16(2)14(17)20/h3-7,10H,8-9H2,1-2H3,(H,15,18). The molecule has 1 fully saturated rings. The molecule has 1 aromatic rings. The van der Waals surface area contributed by atoms with Gasteiger partial charge in [-0.05, 0) is 12.5 Å². The molecule has 1 saturated heterocycles. The predicted molar refractivity (Wildman–Crippen MR) is 72.7 cm³/mol. The van der Waals surface area contributed by atoms with Crippen molar-refractivity contribution in [3.05, 3.63) is 35.9 Å². The van der Waals surface area contributed by atoms with Crippen molar-refractivity contribution in [3.63, 3.8) is 0 Å². The van der Waals surface area contributed by atoms with Gasteiger partial charge in [0.15, 0.2) is 0 Å². The molecule has 6 heteroatoms. The normalized spacial score (nSPS) is 16.5. The number of benzene rings is 1. The summed E-state index contributed by atoms with van der Waals surface area (Å²) in [4.78, 5) is 37.4. The average molecular weight is 275 g/mol. The second kappa shape index (κ2) is 5.73. The minimum absolute atomic E-state index is 0.0281. The van der Waals surface area contributed by atoms with Crippen molar-refractivity contribution < 1.29 is 14.4 Å². The molecule has 0 bridgehead atoms. The summed E-state index contributed by atoms with van der Waals surface area (Å²) in [7, 11) is 1.53. The van der Waals surface area contributed by atoms with Gasteiger partial charge in [0.05, 0.1) is 6.04 Å². The molecule has 1 heterocycles. The van der Waals surface area contributed by atoms with Crippen molar-refractivity contribution in [1.82, 2.24) is 15.1 Å². The number of hydrogen-bond donors (Lipinski definition) is 1. The Labute approximate surface area is 117 Å². The zero-order valence-electron chi connectivity index (χ0n) is 11.5. The van der Waals surface area contributed by atoms with Crippen LogP contribution in [0.15, 0.2) is 30.3 Å². The molecule has 0 saturated carbocycles. The zero-order valence-corrected chi connectivity index (χ0v) is 11.5. The summed E-state index contributed by atoms with van der Waals surface area (Å²) in [5, 5.41) is 2.78. The Bertz CT molecular complexity index is 530. The Hall–Kier alpha value is -2.37. The third-order valence-corrected chi connectivity index (χ3v) is 3.21. The molecule has 1 aromatic carbocycles. The van der Waals surface area contributed by atoms with Gasteiger partial charge in [-0.3, -0.25) is 14.5 Å². The van der Waals surface area contributed by atoms with E-state index in [0.717, 1.165) is 10.5 Å². The van der Waals surface area contributed by atoms with Gasteiger partial charge in [-0.25, -0.2) is 4.79 Å².